The minimum absolute atomic E-state index is 0.115. The van der Waals surface area contributed by atoms with Gasteiger partial charge in [0.1, 0.15) is 18.6 Å². The van der Waals surface area contributed by atoms with E-state index in [0.717, 1.165) is 16.5 Å². The van der Waals surface area contributed by atoms with E-state index in [1.807, 2.05) is 30.5 Å². The molecule has 0 radical (unpaired) electrons. The average molecular weight is 530 g/mol. The van der Waals surface area contributed by atoms with Crippen molar-refractivity contribution in [3.8, 4) is 0 Å². The van der Waals surface area contributed by atoms with Crippen LogP contribution in [0.1, 0.15) is 17.7 Å². The number of carbonyl (C=O) groups excluding carboxylic acids is 3. The van der Waals surface area contributed by atoms with Crippen LogP contribution in [0.25, 0.3) is 10.9 Å². The molecule has 0 spiro atoms. The van der Waals surface area contributed by atoms with Gasteiger partial charge in [-0.15, -0.1) is 0 Å². The Labute approximate surface area is 217 Å². The number of aliphatic carboxylic acids is 1. The van der Waals surface area contributed by atoms with Gasteiger partial charge in [0.2, 0.25) is 17.7 Å². The second kappa shape index (κ2) is 13.5. The van der Waals surface area contributed by atoms with Gasteiger partial charge in [-0.2, -0.15) is 11.8 Å². The third-order valence-electron chi connectivity index (χ3n) is 5.72. The van der Waals surface area contributed by atoms with Gasteiger partial charge in [-0.05, 0) is 30.1 Å². The van der Waals surface area contributed by atoms with Crippen molar-refractivity contribution in [3.63, 3.8) is 0 Å². The maximum absolute atomic E-state index is 13.3. The van der Waals surface area contributed by atoms with E-state index in [-0.39, 0.29) is 12.8 Å². The molecule has 0 aliphatic heterocycles. The molecule has 198 valence electrons. The molecule has 13 heteroatoms. The number of benzene rings is 1. The van der Waals surface area contributed by atoms with Crippen molar-refractivity contribution < 1.29 is 24.3 Å². The molecular formula is C24H31N7O5S. The zero-order valence-corrected chi connectivity index (χ0v) is 21.1. The maximum Gasteiger partial charge on any atom is 0.322 e. The summed E-state index contributed by atoms with van der Waals surface area (Å²) in [7, 11) is 0. The lowest BCUT2D eigenvalue weighted by atomic mass is 10.0. The van der Waals surface area contributed by atoms with Crippen LogP contribution < -0.4 is 21.7 Å². The van der Waals surface area contributed by atoms with Gasteiger partial charge in [0.25, 0.3) is 0 Å². The van der Waals surface area contributed by atoms with Crippen LogP contribution in [0.4, 0.5) is 0 Å². The molecule has 2 aromatic heterocycles. The van der Waals surface area contributed by atoms with E-state index in [0.29, 0.717) is 17.9 Å². The Morgan fingerprint density at radius 1 is 1.05 bits per heavy atom. The van der Waals surface area contributed by atoms with Crippen LogP contribution in [0.2, 0.25) is 0 Å². The third-order valence-corrected chi connectivity index (χ3v) is 6.36. The van der Waals surface area contributed by atoms with E-state index < -0.39 is 48.4 Å². The summed E-state index contributed by atoms with van der Waals surface area (Å²) in [5.41, 5.74) is 8.35. The van der Waals surface area contributed by atoms with Gasteiger partial charge in [0.05, 0.1) is 12.4 Å². The summed E-state index contributed by atoms with van der Waals surface area (Å²) < 4.78 is 0. The van der Waals surface area contributed by atoms with Gasteiger partial charge >= 0.3 is 5.97 Å². The van der Waals surface area contributed by atoms with Crippen molar-refractivity contribution in [2.24, 2.45) is 5.73 Å². The number of carboxylic acid groups (broad SMARTS) is 1. The molecular weight excluding hydrogens is 498 g/mol. The number of hydrogen-bond acceptors (Lipinski definition) is 7. The fourth-order valence-corrected chi connectivity index (χ4v) is 4.27. The number of nitrogens with zero attached hydrogens (tertiary/aromatic N) is 1. The zero-order valence-electron chi connectivity index (χ0n) is 20.3. The van der Waals surface area contributed by atoms with Crippen molar-refractivity contribution in [1.29, 1.82) is 0 Å². The first kappa shape index (κ1) is 27.7. The van der Waals surface area contributed by atoms with Crippen LogP contribution >= 0.6 is 11.8 Å². The number of hydrogen-bond donors (Lipinski definition) is 7. The Bertz CT molecular complexity index is 1210. The van der Waals surface area contributed by atoms with Gasteiger partial charge < -0.3 is 36.8 Å². The molecule has 12 nitrogen and oxygen atoms in total. The van der Waals surface area contributed by atoms with Crippen LogP contribution in [0.3, 0.4) is 0 Å². The van der Waals surface area contributed by atoms with Crippen molar-refractivity contribution >= 4 is 46.4 Å². The molecule has 3 rings (SSSR count). The summed E-state index contributed by atoms with van der Waals surface area (Å²) in [6.07, 6.45) is 7.31. The number of carbonyl (C=O) groups is 4. The first-order valence-electron chi connectivity index (χ1n) is 11.7. The molecule has 2 heterocycles. The molecule has 8 N–H and O–H groups in total. The van der Waals surface area contributed by atoms with Crippen LogP contribution in [0.5, 0.6) is 0 Å². The van der Waals surface area contributed by atoms with E-state index in [1.54, 1.807) is 12.4 Å². The topological polar surface area (TPSA) is 195 Å². The summed E-state index contributed by atoms with van der Waals surface area (Å²) in [5, 5.41) is 17.6. The largest absolute Gasteiger partial charge is 0.480 e. The number of H-pyrrole nitrogens is 2. The number of para-hydroxylation sites is 1. The van der Waals surface area contributed by atoms with Gasteiger partial charge in [-0.3, -0.25) is 19.2 Å². The fraction of sp³-hybridized carbons (Fsp3) is 0.375. The number of carboxylic acids is 1. The summed E-state index contributed by atoms with van der Waals surface area (Å²) in [6.45, 7) is -0.589. The van der Waals surface area contributed by atoms with Crippen molar-refractivity contribution in [2.45, 2.75) is 37.4 Å². The van der Waals surface area contributed by atoms with Gasteiger partial charge in [-0.1, -0.05) is 18.2 Å². The van der Waals surface area contributed by atoms with Crippen molar-refractivity contribution in [1.82, 2.24) is 30.9 Å². The van der Waals surface area contributed by atoms with Crippen LogP contribution in [0, 0.1) is 0 Å². The molecule has 3 amide bonds. The number of nitrogens with two attached hydrogens (primary N) is 1. The fourth-order valence-electron chi connectivity index (χ4n) is 3.80. The SMILES string of the molecule is CSCCC(NC(=O)C(N)Cc1cnc[nH]1)C(=O)NC(Cc1c[nH]c2ccccc12)C(=O)NCC(=O)O. The Balaban J connectivity index is 1.74. The maximum atomic E-state index is 13.3. The highest BCUT2D eigenvalue weighted by Crippen LogP contribution is 2.19. The number of amides is 3. The second-order valence-electron chi connectivity index (χ2n) is 8.47. The molecule has 37 heavy (non-hydrogen) atoms. The van der Waals surface area contributed by atoms with Crippen LogP contribution in [0.15, 0.2) is 43.0 Å². The lowest BCUT2D eigenvalue weighted by Crippen LogP contribution is -2.56. The summed E-state index contributed by atoms with van der Waals surface area (Å²) >= 11 is 1.50. The van der Waals surface area contributed by atoms with E-state index in [9.17, 15) is 19.2 Å². The predicted molar refractivity (Wildman–Crippen MR) is 140 cm³/mol. The number of imidazole rings is 1. The average Bonchev–Trinajstić information content (AvgIpc) is 3.54. The molecule has 0 aliphatic carbocycles. The van der Waals surface area contributed by atoms with Crippen molar-refractivity contribution in [2.75, 3.05) is 18.6 Å². The van der Waals surface area contributed by atoms with Gasteiger partial charge in [0.15, 0.2) is 0 Å². The van der Waals surface area contributed by atoms with Gasteiger partial charge in [0, 0.05) is 41.8 Å². The monoisotopic (exact) mass is 529 g/mol. The quantitative estimate of drug-likeness (QED) is 0.151. The number of aromatic nitrogens is 3. The van der Waals surface area contributed by atoms with Gasteiger partial charge in [-0.25, -0.2) is 4.98 Å². The van der Waals surface area contributed by atoms with E-state index >= 15 is 0 Å². The Hall–Kier alpha value is -3.84. The molecule has 0 saturated heterocycles. The third kappa shape index (κ3) is 8.08. The molecule has 0 saturated carbocycles. The summed E-state index contributed by atoms with van der Waals surface area (Å²) in [6, 6.07) is 4.58. The summed E-state index contributed by atoms with van der Waals surface area (Å²) in [5.74, 6) is -2.36. The van der Waals surface area contributed by atoms with E-state index in [1.165, 1.54) is 18.1 Å². The predicted octanol–water partition coefficient (Wildman–Crippen LogP) is -0.0730. The highest BCUT2D eigenvalue weighted by molar-refractivity contribution is 7.98. The lowest BCUT2D eigenvalue weighted by Gasteiger charge is -2.24. The highest BCUT2D eigenvalue weighted by Gasteiger charge is 2.29. The summed E-state index contributed by atoms with van der Waals surface area (Å²) in [4.78, 5) is 59.8. The number of aromatic amines is 2. The van der Waals surface area contributed by atoms with E-state index in [4.69, 9.17) is 10.8 Å². The zero-order chi connectivity index (χ0) is 26.8. The minimum Gasteiger partial charge on any atom is -0.480 e. The Morgan fingerprint density at radius 3 is 2.51 bits per heavy atom. The molecule has 3 aromatic rings. The highest BCUT2D eigenvalue weighted by atomic mass is 32.2. The Kier molecular flexibility index (Phi) is 10.1. The standard InChI is InChI=1S/C24H31N7O5S/c1-37-7-6-19(30-22(34)17(25)9-15-11-26-13-29-15)24(36)31-20(23(35)28-12-21(32)33)8-14-10-27-18-5-3-2-4-16(14)18/h2-5,10-11,13,17,19-20,27H,6-9,12,25H2,1H3,(H,26,29)(H,28,35)(H,30,34)(H,31,36)(H,32,33). The first-order valence-corrected chi connectivity index (χ1v) is 13.0. The number of rotatable bonds is 14. The minimum atomic E-state index is -1.21. The lowest BCUT2D eigenvalue weighted by molar-refractivity contribution is -0.138. The molecule has 1 aromatic carbocycles. The normalized spacial score (nSPS) is 13.5. The molecule has 3 unspecified atom stereocenters. The number of nitrogens with one attached hydrogen (secondary N) is 5. The molecule has 0 bridgehead atoms. The van der Waals surface area contributed by atoms with Crippen molar-refractivity contribution in [3.05, 3.63) is 54.2 Å². The smallest absolute Gasteiger partial charge is 0.322 e. The molecule has 0 fully saturated rings. The van der Waals surface area contributed by atoms with E-state index in [2.05, 4.69) is 30.9 Å². The number of thioether (sulfide) groups is 1. The van der Waals surface area contributed by atoms with Crippen LogP contribution in [-0.4, -0.2) is 80.4 Å². The first-order chi connectivity index (χ1) is 17.8. The molecule has 0 aliphatic rings. The number of fused-ring (bicyclic) bond motifs is 1. The second-order valence-corrected chi connectivity index (χ2v) is 9.45. The Morgan fingerprint density at radius 2 is 1.81 bits per heavy atom. The molecule has 3 atom stereocenters. The van der Waals surface area contributed by atoms with Crippen LogP contribution in [-0.2, 0) is 32.0 Å².